The van der Waals surface area contributed by atoms with E-state index in [1.165, 1.54) is 7.11 Å². The van der Waals surface area contributed by atoms with Crippen LogP contribution in [0, 0.1) is 0 Å². The van der Waals surface area contributed by atoms with E-state index in [4.69, 9.17) is 9.84 Å². The molecule has 4 nitrogen and oxygen atoms in total. The standard InChI is InChI=1S/C13H18O4/c1-3-10-5-6-11(13(15)16-2)9-12(10)17-8-4-7-14/h5-6,9,14H,3-4,7-8H2,1-2H3. The third-order valence-corrected chi connectivity index (χ3v) is 2.43. The fourth-order valence-corrected chi connectivity index (χ4v) is 1.47. The van der Waals surface area contributed by atoms with Crippen LogP contribution in [0.5, 0.6) is 5.75 Å². The van der Waals surface area contributed by atoms with Crippen LogP contribution < -0.4 is 4.74 Å². The minimum Gasteiger partial charge on any atom is -0.493 e. The largest absolute Gasteiger partial charge is 0.493 e. The zero-order valence-corrected chi connectivity index (χ0v) is 10.2. The molecule has 4 heteroatoms. The van der Waals surface area contributed by atoms with Crippen LogP contribution >= 0.6 is 0 Å². The molecule has 0 aliphatic heterocycles. The van der Waals surface area contributed by atoms with Gasteiger partial charge in [-0.2, -0.15) is 0 Å². The van der Waals surface area contributed by atoms with Crippen LogP contribution in [0.4, 0.5) is 0 Å². The van der Waals surface area contributed by atoms with E-state index in [0.717, 1.165) is 12.0 Å². The van der Waals surface area contributed by atoms with Crippen molar-refractivity contribution in [1.82, 2.24) is 0 Å². The molecule has 1 aromatic rings. The summed E-state index contributed by atoms with van der Waals surface area (Å²) in [6.07, 6.45) is 1.40. The summed E-state index contributed by atoms with van der Waals surface area (Å²) in [5.74, 6) is 0.309. The van der Waals surface area contributed by atoms with Crippen LogP contribution in [0.2, 0.25) is 0 Å². The monoisotopic (exact) mass is 238 g/mol. The van der Waals surface area contributed by atoms with Crippen molar-refractivity contribution < 1.29 is 19.4 Å². The fraction of sp³-hybridized carbons (Fsp3) is 0.462. The summed E-state index contributed by atoms with van der Waals surface area (Å²) in [6, 6.07) is 5.27. The highest BCUT2D eigenvalue weighted by atomic mass is 16.5. The first kappa shape index (κ1) is 13.5. The molecule has 0 amide bonds. The van der Waals surface area contributed by atoms with Gasteiger partial charge in [0.1, 0.15) is 5.75 Å². The summed E-state index contributed by atoms with van der Waals surface area (Å²) in [4.78, 5) is 11.4. The van der Waals surface area contributed by atoms with E-state index in [1.54, 1.807) is 12.1 Å². The lowest BCUT2D eigenvalue weighted by Crippen LogP contribution is -2.05. The molecule has 94 valence electrons. The summed E-state index contributed by atoms with van der Waals surface area (Å²) in [6.45, 7) is 2.55. The van der Waals surface area contributed by atoms with Crippen molar-refractivity contribution in [3.63, 3.8) is 0 Å². The molecule has 0 saturated carbocycles. The maximum absolute atomic E-state index is 11.4. The molecule has 0 bridgehead atoms. The molecule has 0 aromatic heterocycles. The van der Waals surface area contributed by atoms with Gasteiger partial charge in [-0.25, -0.2) is 4.79 Å². The van der Waals surface area contributed by atoms with Gasteiger partial charge in [0.25, 0.3) is 0 Å². The molecule has 17 heavy (non-hydrogen) atoms. The number of benzene rings is 1. The lowest BCUT2D eigenvalue weighted by molar-refractivity contribution is 0.0600. The van der Waals surface area contributed by atoms with Crippen molar-refractivity contribution in [2.75, 3.05) is 20.3 Å². The van der Waals surface area contributed by atoms with Gasteiger partial charge in [-0.1, -0.05) is 13.0 Å². The second kappa shape index (κ2) is 6.91. The number of aryl methyl sites for hydroxylation is 1. The number of methoxy groups -OCH3 is 1. The number of esters is 1. The number of carbonyl (C=O) groups excluding carboxylic acids is 1. The number of hydrogen-bond acceptors (Lipinski definition) is 4. The maximum Gasteiger partial charge on any atom is 0.337 e. The first-order chi connectivity index (χ1) is 8.22. The van der Waals surface area contributed by atoms with Crippen LogP contribution in [0.25, 0.3) is 0 Å². The summed E-state index contributed by atoms with van der Waals surface area (Å²) in [7, 11) is 1.35. The van der Waals surface area contributed by atoms with E-state index in [9.17, 15) is 4.79 Å². The Labute approximate surface area is 101 Å². The Balaban J connectivity index is 2.86. The average molecular weight is 238 g/mol. The van der Waals surface area contributed by atoms with Gasteiger partial charge in [-0.15, -0.1) is 0 Å². The molecule has 0 saturated heterocycles. The Morgan fingerprint density at radius 2 is 2.18 bits per heavy atom. The normalized spacial score (nSPS) is 10.1. The molecule has 1 aromatic carbocycles. The van der Waals surface area contributed by atoms with E-state index in [0.29, 0.717) is 24.3 Å². The smallest absolute Gasteiger partial charge is 0.337 e. The number of aliphatic hydroxyl groups excluding tert-OH is 1. The zero-order valence-electron chi connectivity index (χ0n) is 10.2. The van der Waals surface area contributed by atoms with Gasteiger partial charge in [0, 0.05) is 13.0 Å². The zero-order chi connectivity index (χ0) is 12.7. The van der Waals surface area contributed by atoms with Gasteiger partial charge < -0.3 is 14.6 Å². The van der Waals surface area contributed by atoms with Crippen molar-refractivity contribution in [2.24, 2.45) is 0 Å². The number of hydrogen-bond donors (Lipinski definition) is 1. The molecule has 0 fully saturated rings. The first-order valence-corrected chi connectivity index (χ1v) is 5.67. The highest BCUT2D eigenvalue weighted by Gasteiger charge is 2.09. The van der Waals surface area contributed by atoms with Crippen LogP contribution in [0.3, 0.4) is 0 Å². The van der Waals surface area contributed by atoms with Gasteiger partial charge in [-0.3, -0.25) is 0 Å². The number of ether oxygens (including phenoxy) is 2. The van der Waals surface area contributed by atoms with Gasteiger partial charge in [0.05, 0.1) is 19.3 Å². The second-order valence-electron chi connectivity index (χ2n) is 3.59. The summed E-state index contributed by atoms with van der Waals surface area (Å²) < 4.78 is 10.2. The molecular weight excluding hydrogens is 220 g/mol. The summed E-state index contributed by atoms with van der Waals surface area (Å²) >= 11 is 0. The fourth-order valence-electron chi connectivity index (χ4n) is 1.47. The van der Waals surface area contributed by atoms with E-state index in [-0.39, 0.29) is 12.6 Å². The Morgan fingerprint density at radius 1 is 1.41 bits per heavy atom. The van der Waals surface area contributed by atoms with E-state index >= 15 is 0 Å². The molecule has 0 heterocycles. The molecule has 0 atom stereocenters. The van der Waals surface area contributed by atoms with Gasteiger partial charge >= 0.3 is 5.97 Å². The van der Waals surface area contributed by atoms with Crippen molar-refractivity contribution in [2.45, 2.75) is 19.8 Å². The predicted molar refractivity (Wildman–Crippen MR) is 64.4 cm³/mol. The third kappa shape index (κ3) is 3.75. The van der Waals surface area contributed by atoms with E-state index < -0.39 is 0 Å². The van der Waals surface area contributed by atoms with Gasteiger partial charge in [0.15, 0.2) is 0 Å². The molecule has 1 rings (SSSR count). The lowest BCUT2D eigenvalue weighted by Gasteiger charge is -2.11. The highest BCUT2D eigenvalue weighted by Crippen LogP contribution is 2.21. The third-order valence-electron chi connectivity index (χ3n) is 2.43. The second-order valence-corrected chi connectivity index (χ2v) is 3.59. The average Bonchev–Trinajstić information content (AvgIpc) is 2.38. The van der Waals surface area contributed by atoms with Crippen molar-refractivity contribution in [3.05, 3.63) is 29.3 Å². The summed E-state index contributed by atoms with van der Waals surface area (Å²) in [5, 5.41) is 8.70. The Hall–Kier alpha value is -1.55. The molecule has 0 aliphatic carbocycles. The number of rotatable bonds is 6. The maximum atomic E-state index is 11.4. The number of carbonyl (C=O) groups is 1. The Kier molecular flexibility index (Phi) is 5.49. The highest BCUT2D eigenvalue weighted by molar-refractivity contribution is 5.89. The molecule has 0 aliphatic rings. The topological polar surface area (TPSA) is 55.8 Å². The SMILES string of the molecule is CCc1ccc(C(=O)OC)cc1OCCCO. The van der Waals surface area contributed by atoms with E-state index in [1.807, 2.05) is 13.0 Å². The molecule has 0 radical (unpaired) electrons. The van der Waals surface area contributed by atoms with E-state index in [2.05, 4.69) is 4.74 Å². The van der Waals surface area contributed by atoms with Gasteiger partial charge in [-0.05, 0) is 24.1 Å². The van der Waals surface area contributed by atoms with Crippen LogP contribution in [0.1, 0.15) is 29.3 Å². The minimum atomic E-state index is -0.375. The molecular formula is C13H18O4. The Morgan fingerprint density at radius 3 is 2.76 bits per heavy atom. The quantitative estimate of drug-likeness (QED) is 0.606. The molecule has 1 N–H and O–H groups in total. The Bertz CT molecular complexity index is 374. The lowest BCUT2D eigenvalue weighted by atomic mass is 10.1. The minimum absolute atomic E-state index is 0.0954. The first-order valence-electron chi connectivity index (χ1n) is 5.67. The van der Waals surface area contributed by atoms with Crippen molar-refractivity contribution in [3.8, 4) is 5.75 Å². The molecule has 0 unspecified atom stereocenters. The van der Waals surface area contributed by atoms with Crippen molar-refractivity contribution >= 4 is 5.97 Å². The van der Waals surface area contributed by atoms with Gasteiger partial charge in [0.2, 0.25) is 0 Å². The van der Waals surface area contributed by atoms with Crippen LogP contribution in [0.15, 0.2) is 18.2 Å². The van der Waals surface area contributed by atoms with Crippen LogP contribution in [-0.4, -0.2) is 31.4 Å². The predicted octanol–water partition coefficient (Wildman–Crippen LogP) is 1.80. The molecule has 0 spiro atoms. The van der Waals surface area contributed by atoms with Crippen LogP contribution in [-0.2, 0) is 11.2 Å². The number of aliphatic hydroxyl groups is 1. The summed E-state index contributed by atoms with van der Waals surface area (Å²) in [5.41, 5.74) is 1.51. The van der Waals surface area contributed by atoms with Crippen molar-refractivity contribution in [1.29, 1.82) is 0 Å².